The van der Waals surface area contributed by atoms with E-state index in [0.717, 1.165) is 25.9 Å². The molecule has 0 atom stereocenters. The lowest BCUT2D eigenvalue weighted by Gasteiger charge is -2.42. The van der Waals surface area contributed by atoms with Crippen LogP contribution in [0.3, 0.4) is 0 Å². The Morgan fingerprint density at radius 1 is 1.32 bits per heavy atom. The number of carboxylic acids is 1. The monoisotopic (exact) mass is 305 g/mol. The van der Waals surface area contributed by atoms with Crippen molar-refractivity contribution in [1.82, 2.24) is 5.32 Å². The molecule has 1 amide bonds. The zero-order valence-corrected chi connectivity index (χ0v) is 12.9. The van der Waals surface area contributed by atoms with Crippen molar-refractivity contribution in [2.75, 3.05) is 19.8 Å². The molecule has 5 heteroatoms. The molecule has 1 fully saturated rings. The first-order valence-corrected chi connectivity index (χ1v) is 7.76. The summed E-state index contributed by atoms with van der Waals surface area (Å²) in [6.45, 7) is 4.03. The van der Waals surface area contributed by atoms with Gasteiger partial charge in [0.15, 0.2) is 0 Å². The smallest absolute Gasteiger partial charge is 0.335 e. The third-order valence-electron chi connectivity index (χ3n) is 4.39. The van der Waals surface area contributed by atoms with Crippen LogP contribution >= 0.6 is 0 Å². The SMILES string of the molecule is CCOCCC1(CNC(=O)c2cccc(C(=O)O)c2)CCC1. The normalized spacial score (nSPS) is 15.9. The first-order chi connectivity index (χ1) is 10.6. The lowest BCUT2D eigenvalue weighted by molar-refractivity contribution is 0.0513. The molecule has 22 heavy (non-hydrogen) atoms. The Balaban J connectivity index is 1.91. The molecule has 1 aliphatic carbocycles. The van der Waals surface area contributed by atoms with Crippen LogP contribution in [0.25, 0.3) is 0 Å². The highest BCUT2D eigenvalue weighted by Crippen LogP contribution is 2.43. The standard InChI is InChI=1S/C17H23NO4/c1-2-22-10-9-17(7-4-8-17)12-18-15(19)13-5-3-6-14(11-13)16(20)21/h3,5-6,11H,2,4,7-10,12H2,1H3,(H,18,19)(H,20,21). The van der Waals surface area contributed by atoms with Gasteiger partial charge in [0.05, 0.1) is 5.56 Å². The zero-order chi connectivity index (χ0) is 16.0. The van der Waals surface area contributed by atoms with Gasteiger partial charge in [-0.15, -0.1) is 0 Å². The highest BCUT2D eigenvalue weighted by atomic mass is 16.5. The van der Waals surface area contributed by atoms with Crippen LogP contribution in [0.4, 0.5) is 0 Å². The first-order valence-electron chi connectivity index (χ1n) is 7.76. The van der Waals surface area contributed by atoms with E-state index in [4.69, 9.17) is 9.84 Å². The largest absolute Gasteiger partial charge is 0.478 e. The molecule has 1 saturated carbocycles. The second-order valence-electron chi connectivity index (χ2n) is 5.87. The number of carboxylic acid groups (broad SMARTS) is 1. The number of amides is 1. The second-order valence-corrected chi connectivity index (χ2v) is 5.87. The first kappa shape index (κ1) is 16.5. The van der Waals surface area contributed by atoms with Gasteiger partial charge in [-0.1, -0.05) is 12.5 Å². The summed E-state index contributed by atoms with van der Waals surface area (Å²) in [4.78, 5) is 23.2. The van der Waals surface area contributed by atoms with Crippen molar-refractivity contribution >= 4 is 11.9 Å². The van der Waals surface area contributed by atoms with Gasteiger partial charge in [-0.3, -0.25) is 4.79 Å². The van der Waals surface area contributed by atoms with Crippen LogP contribution < -0.4 is 5.32 Å². The van der Waals surface area contributed by atoms with Crippen molar-refractivity contribution in [3.05, 3.63) is 35.4 Å². The van der Waals surface area contributed by atoms with E-state index < -0.39 is 5.97 Å². The van der Waals surface area contributed by atoms with Crippen LogP contribution in [0, 0.1) is 5.41 Å². The van der Waals surface area contributed by atoms with Crippen molar-refractivity contribution in [3.63, 3.8) is 0 Å². The maximum Gasteiger partial charge on any atom is 0.335 e. The molecular formula is C17H23NO4. The fraction of sp³-hybridized carbons (Fsp3) is 0.529. The summed E-state index contributed by atoms with van der Waals surface area (Å²) in [7, 11) is 0. The van der Waals surface area contributed by atoms with Gasteiger partial charge in [-0.05, 0) is 49.8 Å². The van der Waals surface area contributed by atoms with Gasteiger partial charge < -0.3 is 15.2 Å². The maximum atomic E-state index is 12.2. The van der Waals surface area contributed by atoms with Gasteiger partial charge in [-0.25, -0.2) is 4.79 Å². The molecule has 0 bridgehead atoms. The maximum absolute atomic E-state index is 12.2. The third-order valence-corrected chi connectivity index (χ3v) is 4.39. The van der Waals surface area contributed by atoms with Crippen molar-refractivity contribution in [1.29, 1.82) is 0 Å². The number of benzene rings is 1. The molecule has 0 heterocycles. The molecule has 0 unspecified atom stereocenters. The van der Waals surface area contributed by atoms with Crippen LogP contribution in [-0.2, 0) is 4.74 Å². The Bertz CT molecular complexity index is 537. The summed E-state index contributed by atoms with van der Waals surface area (Å²) >= 11 is 0. The Morgan fingerprint density at radius 2 is 2.05 bits per heavy atom. The molecule has 0 saturated heterocycles. The molecule has 120 valence electrons. The van der Waals surface area contributed by atoms with Gasteiger partial charge in [-0.2, -0.15) is 0 Å². The summed E-state index contributed by atoms with van der Waals surface area (Å²) in [5.41, 5.74) is 0.663. The number of nitrogens with one attached hydrogen (secondary N) is 1. The number of carbonyl (C=O) groups is 2. The topological polar surface area (TPSA) is 75.6 Å². The minimum Gasteiger partial charge on any atom is -0.478 e. The predicted molar refractivity (Wildman–Crippen MR) is 83.1 cm³/mol. The van der Waals surface area contributed by atoms with Crippen molar-refractivity contribution < 1.29 is 19.4 Å². The van der Waals surface area contributed by atoms with Crippen LogP contribution in [-0.4, -0.2) is 36.7 Å². The zero-order valence-electron chi connectivity index (χ0n) is 12.9. The molecule has 1 aromatic carbocycles. The fourth-order valence-electron chi connectivity index (χ4n) is 2.79. The molecular weight excluding hydrogens is 282 g/mol. The number of hydrogen-bond acceptors (Lipinski definition) is 3. The molecule has 1 aliphatic rings. The average Bonchev–Trinajstić information content (AvgIpc) is 2.49. The van der Waals surface area contributed by atoms with Gasteiger partial charge >= 0.3 is 5.97 Å². The summed E-state index contributed by atoms with van der Waals surface area (Å²) < 4.78 is 5.42. The van der Waals surface area contributed by atoms with Crippen molar-refractivity contribution in [3.8, 4) is 0 Å². The molecule has 0 radical (unpaired) electrons. The number of aromatic carboxylic acids is 1. The third kappa shape index (κ3) is 4.07. The van der Waals surface area contributed by atoms with Crippen molar-refractivity contribution in [2.24, 2.45) is 5.41 Å². The molecule has 2 N–H and O–H groups in total. The quantitative estimate of drug-likeness (QED) is 0.724. The minimum atomic E-state index is -1.03. The van der Waals surface area contributed by atoms with Gasteiger partial charge in [0.1, 0.15) is 0 Å². The summed E-state index contributed by atoms with van der Waals surface area (Å²) in [5.74, 6) is -1.24. The van der Waals surface area contributed by atoms with Gasteiger partial charge in [0.25, 0.3) is 5.91 Å². The van der Waals surface area contributed by atoms with Crippen LogP contribution in [0.2, 0.25) is 0 Å². The van der Waals surface area contributed by atoms with E-state index in [2.05, 4.69) is 5.32 Å². The Kier molecular flexibility index (Phi) is 5.55. The molecule has 5 nitrogen and oxygen atoms in total. The second kappa shape index (κ2) is 7.40. The highest BCUT2D eigenvalue weighted by molar-refractivity contribution is 5.97. The number of ether oxygens (including phenoxy) is 1. The summed E-state index contributed by atoms with van der Waals surface area (Å²) in [6, 6.07) is 6.11. The van der Waals surface area contributed by atoms with E-state index in [1.54, 1.807) is 12.1 Å². The number of hydrogen-bond donors (Lipinski definition) is 2. The van der Waals surface area contributed by atoms with E-state index in [9.17, 15) is 9.59 Å². The molecule has 0 spiro atoms. The van der Waals surface area contributed by atoms with E-state index >= 15 is 0 Å². The Morgan fingerprint density at radius 3 is 2.64 bits per heavy atom. The molecule has 0 aliphatic heterocycles. The summed E-state index contributed by atoms with van der Waals surface area (Å²) in [5, 5.41) is 11.9. The lowest BCUT2D eigenvalue weighted by Crippen LogP contribution is -2.43. The lowest BCUT2D eigenvalue weighted by atomic mass is 9.66. The Hall–Kier alpha value is -1.88. The van der Waals surface area contributed by atoms with Gasteiger partial charge in [0, 0.05) is 25.3 Å². The van der Waals surface area contributed by atoms with Gasteiger partial charge in [0.2, 0.25) is 0 Å². The average molecular weight is 305 g/mol. The number of rotatable bonds is 8. The van der Waals surface area contributed by atoms with E-state index in [1.165, 1.54) is 18.6 Å². The molecule has 0 aromatic heterocycles. The summed E-state index contributed by atoms with van der Waals surface area (Å²) in [6.07, 6.45) is 4.36. The Labute approximate surface area is 130 Å². The van der Waals surface area contributed by atoms with Crippen LogP contribution in [0.1, 0.15) is 53.3 Å². The number of carbonyl (C=O) groups excluding carboxylic acids is 1. The van der Waals surface area contributed by atoms with E-state index in [1.807, 2.05) is 6.92 Å². The predicted octanol–water partition coefficient (Wildman–Crippen LogP) is 2.71. The highest BCUT2D eigenvalue weighted by Gasteiger charge is 2.36. The van der Waals surface area contributed by atoms with E-state index in [-0.39, 0.29) is 16.9 Å². The molecule has 2 rings (SSSR count). The van der Waals surface area contributed by atoms with E-state index in [0.29, 0.717) is 18.7 Å². The van der Waals surface area contributed by atoms with Crippen LogP contribution in [0.5, 0.6) is 0 Å². The van der Waals surface area contributed by atoms with Crippen molar-refractivity contribution in [2.45, 2.75) is 32.6 Å². The minimum absolute atomic E-state index is 0.127. The van der Waals surface area contributed by atoms with Crippen LogP contribution in [0.15, 0.2) is 24.3 Å². The fourth-order valence-corrected chi connectivity index (χ4v) is 2.79. The molecule has 1 aromatic rings.